The number of benzene rings is 3. The summed E-state index contributed by atoms with van der Waals surface area (Å²) in [6.45, 7) is 0.720. The minimum absolute atomic E-state index is 0.151. The van der Waals surface area contributed by atoms with E-state index in [4.69, 9.17) is 0 Å². The molecule has 1 heterocycles. The first kappa shape index (κ1) is 26.8. The SMILES string of the molecule is CN(c1ccccc1)c1ccc(CNC(=O)C2CCN(S(=O)(=O)c3cc(Br)ccc3Br)CC2)cc1F. The number of hydrogen-bond acceptors (Lipinski definition) is 4. The predicted octanol–water partition coefficient (Wildman–Crippen LogP) is 5.84. The first-order valence-corrected chi connectivity index (χ1v) is 14.5. The van der Waals surface area contributed by atoms with Crippen LogP contribution in [0.15, 0.2) is 80.6 Å². The van der Waals surface area contributed by atoms with Crippen molar-refractivity contribution in [2.24, 2.45) is 5.92 Å². The zero-order valence-electron chi connectivity index (χ0n) is 19.6. The topological polar surface area (TPSA) is 69.7 Å². The Kier molecular flexibility index (Phi) is 8.49. The van der Waals surface area contributed by atoms with Crippen molar-refractivity contribution in [1.82, 2.24) is 9.62 Å². The zero-order chi connectivity index (χ0) is 25.9. The fraction of sp³-hybridized carbons (Fsp3) is 0.269. The van der Waals surface area contributed by atoms with Gasteiger partial charge in [-0.05, 0) is 76.8 Å². The molecular formula is C26H26Br2FN3O3S. The molecule has 1 saturated heterocycles. The Morgan fingerprint density at radius 1 is 1.06 bits per heavy atom. The van der Waals surface area contributed by atoms with E-state index in [1.165, 1.54) is 10.4 Å². The van der Waals surface area contributed by atoms with Crippen LogP contribution in [0.2, 0.25) is 0 Å². The number of nitrogens with zero attached hydrogens (tertiary/aromatic N) is 2. The van der Waals surface area contributed by atoms with E-state index in [2.05, 4.69) is 37.2 Å². The molecule has 0 atom stereocenters. The summed E-state index contributed by atoms with van der Waals surface area (Å²) in [6, 6.07) is 19.5. The van der Waals surface area contributed by atoms with Gasteiger partial charge in [0.25, 0.3) is 0 Å². The summed E-state index contributed by atoms with van der Waals surface area (Å²) in [7, 11) is -1.87. The number of piperidine rings is 1. The van der Waals surface area contributed by atoms with Crippen molar-refractivity contribution < 1.29 is 17.6 Å². The van der Waals surface area contributed by atoms with Crippen LogP contribution in [0.1, 0.15) is 18.4 Å². The van der Waals surface area contributed by atoms with Crippen LogP contribution in [0.4, 0.5) is 15.8 Å². The van der Waals surface area contributed by atoms with Crippen LogP contribution in [-0.2, 0) is 21.4 Å². The van der Waals surface area contributed by atoms with Gasteiger partial charge in [0, 0.05) is 47.2 Å². The molecule has 1 N–H and O–H groups in total. The molecule has 6 nitrogen and oxygen atoms in total. The first-order chi connectivity index (χ1) is 17.2. The quantitative estimate of drug-likeness (QED) is 0.353. The van der Waals surface area contributed by atoms with Gasteiger partial charge in [0.1, 0.15) is 5.82 Å². The third kappa shape index (κ3) is 5.99. The standard InChI is InChI=1S/C26H26Br2FN3O3S/c1-31(21-5-3-2-4-6-21)24-10-7-18(15-23(24)29)17-30-26(33)19-11-13-32(14-12-19)36(34,35)25-16-20(27)8-9-22(25)28/h2-10,15-16,19H,11-14,17H2,1H3,(H,30,33). The highest BCUT2D eigenvalue weighted by molar-refractivity contribution is 9.11. The molecule has 0 radical (unpaired) electrons. The zero-order valence-corrected chi connectivity index (χ0v) is 23.6. The predicted molar refractivity (Wildman–Crippen MR) is 146 cm³/mol. The van der Waals surface area contributed by atoms with E-state index < -0.39 is 10.0 Å². The molecule has 36 heavy (non-hydrogen) atoms. The molecule has 3 aromatic carbocycles. The Bertz CT molecular complexity index is 1350. The highest BCUT2D eigenvalue weighted by Crippen LogP contribution is 2.31. The van der Waals surface area contributed by atoms with Crippen molar-refractivity contribution in [2.75, 3.05) is 25.0 Å². The lowest BCUT2D eigenvalue weighted by Crippen LogP contribution is -2.42. The third-order valence-electron chi connectivity index (χ3n) is 6.32. The lowest BCUT2D eigenvalue weighted by atomic mass is 9.97. The minimum atomic E-state index is -3.68. The molecular weight excluding hydrogens is 613 g/mol. The van der Waals surface area contributed by atoms with Crippen LogP contribution in [0.25, 0.3) is 0 Å². The van der Waals surface area contributed by atoms with E-state index in [1.54, 1.807) is 42.3 Å². The summed E-state index contributed by atoms with van der Waals surface area (Å²) in [5, 5.41) is 2.88. The first-order valence-electron chi connectivity index (χ1n) is 11.5. The van der Waals surface area contributed by atoms with Crippen molar-refractivity contribution in [3.8, 4) is 0 Å². The molecule has 0 aliphatic carbocycles. The minimum Gasteiger partial charge on any atom is -0.352 e. The monoisotopic (exact) mass is 637 g/mol. The molecule has 0 spiro atoms. The Morgan fingerprint density at radius 3 is 2.42 bits per heavy atom. The van der Waals surface area contributed by atoms with Crippen molar-refractivity contribution in [2.45, 2.75) is 24.3 Å². The number of amides is 1. The highest BCUT2D eigenvalue weighted by Gasteiger charge is 2.33. The Hall–Kier alpha value is -2.27. The normalized spacial score (nSPS) is 15.0. The number of carbonyl (C=O) groups is 1. The van der Waals surface area contributed by atoms with E-state index in [0.29, 0.717) is 33.0 Å². The van der Waals surface area contributed by atoms with Crippen molar-refractivity contribution in [3.63, 3.8) is 0 Å². The molecule has 1 fully saturated rings. The van der Waals surface area contributed by atoms with Gasteiger partial charge in [-0.2, -0.15) is 4.31 Å². The Morgan fingerprint density at radius 2 is 1.75 bits per heavy atom. The van der Waals surface area contributed by atoms with Gasteiger partial charge in [-0.3, -0.25) is 4.79 Å². The number of anilines is 2. The second-order valence-corrected chi connectivity index (χ2v) is 12.3. The van der Waals surface area contributed by atoms with Crippen LogP contribution < -0.4 is 10.2 Å². The van der Waals surface area contributed by atoms with Gasteiger partial charge in [0.05, 0.1) is 10.6 Å². The summed E-state index contributed by atoms with van der Waals surface area (Å²) in [6.07, 6.45) is 0.845. The van der Waals surface area contributed by atoms with E-state index >= 15 is 0 Å². The summed E-state index contributed by atoms with van der Waals surface area (Å²) in [4.78, 5) is 14.7. The maximum atomic E-state index is 14.8. The van der Waals surface area contributed by atoms with Crippen molar-refractivity contribution in [3.05, 3.63) is 87.1 Å². The van der Waals surface area contributed by atoms with Crippen LogP contribution >= 0.6 is 31.9 Å². The lowest BCUT2D eigenvalue weighted by Gasteiger charge is -2.30. The number of rotatable bonds is 7. The number of para-hydroxylation sites is 1. The number of nitrogens with one attached hydrogen (secondary N) is 1. The van der Waals surface area contributed by atoms with Gasteiger partial charge < -0.3 is 10.2 Å². The highest BCUT2D eigenvalue weighted by atomic mass is 79.9. The molecule has 0 unspecified atom stereocenters. The van der Waals surface area contributed by atoms with Crippen LogP contribution in [0.5, 0.6) is 0 Å². The van der Waals surface area contributed by atoms with Gasteiger partial charge >= 0.3 is 0 Å². The molecule has 190 valence electrons. The largest absolute Gasteiger partial charge is 0.352 e. The fourth-order valence-corrected chi connectivity index (χ4v) is 7.16. The third-order valence-corrected chi connectivity index (χ3v) is 9.71. The molecule has 4 rings (SSSR count). The molecule has 0 saturated carbocycles. The van der Waals surface area contributed by atoms with Crippen LogP contribution in [0.3, 0.4) is 0 Å². The van der Waals surface area contributed by atoms with E-state index in [9.17, 15) is 17.6 Å². The maximum Gasteiger partial charge on any atom is 0.244 e. The average Bonchev–Trinajstić information content (AvgIpc) is 2.89. The van der Waals surface area contributed by atoms with Gasteiger partial charge in [0.2, 0.25) is 15.9 Å². The molecule has 10 heteroatoms. The van der Waals surface area contributed by atoms with Crippen molar-refractivity contribution in [1.29, 1.82) is 0 Å². The van der Waals surface area contributed by atoms with Gasteiger partial charge in [-0.1, -0.05) is 40.2 Å². The lowest BCUT2D eigenvalue weighted by molar-refractivity contribution is -0.126. The molecule has 1 aliphatic heterocycles. The Balaban J connectivity index is 1.33. The molecule has 0 aromatic heterocycles. The molecule has 3 aromatic rings. The second kappa shape index (κ2) is 11.4. The number of hydrogen-bond donors (Lipinski definition) is 1. The molecule has 1 amide bonds. The summed E-state index contributed by atoms with van der Waals surface area (Å²) in [5.74, 6) is -0.817. The summed E-state index contributed by atoms with van der Waals surface area (Å²) >= 11 is 6.64. The van der Waals surface area contributed by atoms with Gasteiger partial charge in [0.15, 0.2) is 0 Å². The van der Waals surface area contributed by atoms with E-state index in [0.717, 1.165) is 5.69 Å². The van der Waals surface area contributed by atoms with Crippen molar-refractivity contribution >= 4 is 59.2 Å². The van der Waals surface area contributed by atoms with E-state index in [1.807, 2.05) is 30.3 Å². The number of halogens is 3. The van der Waals surface area contributed by atoms with Gasteiger partial charge in [-0.25, -0.2) is 12.8 Å². The number of carbonyl (C=O) groups excluding carboxylic acids is 1. The smallest absolute Gasteiger partial charge is 0.244 e. The van der Waals surface area contributed by atoms with Crippen LogP contribution in [-0.4, -0.2) is 38.8 Å². The Labute approximate surface area is 227 Å². The average molecular weight is 639 g/mol. The fourth-order valence-electron chi connectivity index (χ4n) is 4.23. The molecule has 1 aliphatic rings. The van der Waals surface area contributed by atoms with E-state index in [-0.39, 0.29) is 42.2 Å². The van der Waals surface area contributed by atoms with Gasteiger partial charge in [-0.15, -0.1) is 0 Å². The number of sulfonamides is 1. The summed E-state index contributed by atoms with van der Waals surface area (Å²) in [5.41, 5.74) is 1.98. The van der Waals surface area contributed by atoms with Crippen LogP contribution in [0, 0.1) is 11.7 Å². The maximum absolute atomic E-state index is 14.8. The molecule has 0 bridgehead atoms. The second-order valence-electron chi connectivity index (χ2n) is 8.65. The summed E-state index contributed by atoms with van der Waals surface area (Å²) < 4.78 is 43.5.